The lowest BCUT2D eigenvalue weighted by Gasteiger charge is -2.38. The van der Waals surface area contributed by atoms with Gasteiger partial charge in [0.15, 0.2) is 0 Å². The van der Waals surface area contributed by atoms with Crippen LogP contribution in [0.5, 0.6) is 0 Å². The monoisotopic (exact) mass is 335 g/mol. The summed E-state index contributed by atoms with van der Waals surface area (Å²) in [5.41, 5.74) is 3.37. The zero-order chi connectivity index (χ0) is 14.3. The van der Waals surface area contributed by atoms with Crippen LogP contribution in [-0.4, -0.2) is 6.54 Å². The SMILES string of the molecule is CC(C)(C)C1CCC(C2CNc3c(Br)cccc32)CC1. The summed E-state index contributed by atoms with van der Waals surface area (Å²) in [5.74, 6) is 2.51. The lowest BCUT2D eigenvalue weighted by molar-refractivity contribution is 0.141. The molecule has 0 spiro atoms. The Kier molecular flexibility index (Phi) is 3.87. The molecule has 20 heavy (non-hydrogen) atoms. The van der Waals surface area contributed by atoms with Gasteiger partial charge in [0.2, 0.25) is 0 Å². The van der Waals surface area contributed by atoms with Crippen molar-refractivity contribution < 1.29 is 0 Å². The molecule has 1 heterocycles. The molecule has 0 saturated heterocycles. The van der Waals surface area contributed by atoms with Crippen molar-refractivity contribution in [3.05, 3.63) is 28.2 Å². The summed E-state index contributed by atoms with van der Waals surface area (Å²) in [7, 11) is 0. The average molecular weight is 336 g/mol. The van der Waals surface area contributed by atoms with Crippen molar-refractivity contribution in [3.8, 4) is 0 Å². The molecule has 0 bridgehead atoms. The Hall–Kier alpha value is -0.500. The third kappa shape index (κ3) is 2.64. The van der Waals surface area contributed by atoms with E-state index in [9.17, 15) is 0 Å². The topological polar surface area (TPSA) is 12.0 Å². The van der Waals surface area contributed by atoms with Gasteiger partial charge in [0.25, 0.3) is 0 Å². The van der Waals surface area contributed by atoms with Crippen LogP contribution in [0.2, 0.25) is 0 Å². The summed E-state index contributed by atoms with van der Waals surface area (Å²) < 4.78 is 1.22. The van der Waals surface area contributed by atoms with Gasteiger partial charge in [-0.05, 0) is 70.5 Å². The molecule has 1 atom stereocenters. The van der Waals surface area contributed by atoms with Gasteiger partial charge in [0, 0.05) is 16.9 Å². The van der Waals surface area contributed by atoms with Crippen LogP contribution in [-0.2, 0) is 0 Å². The third-order valence-electron chi connectivity index (χ3n) is 5.51. The van der Waals surface area contributed by atoms with Crippen LogP contribution in [0, 0.1) is 17.3 Å². The van der Waals surface area contributed by atoms with Gasteiger partial charge in [-0.1, -0.05) is 32.9 Å². The highest BCUT2D eigenvalue weighted by atomic mass is 79.9. The van der Waals surface area contributed by atoms with Gasteiger partial charge in [-0.15, -0.1) is 0 Å². The first-order valence-electron chi connectivity index (χ1n) is 7.99. The number of halogens is 1. The van der Waals surface area contributed by atoms with Crippen LogP contribution >= 0.6 is 15.9 Å². The maximum absolute atomic E-state index is 3.67. The van der Waals surface area contributed by atoms with E-state index in [2.05, 4.69) is 60.2 Å². The molecule has 1 saturated carbocycles. The Bertz CT molecular complexity index is 481. The normalized spacial score (nSPS) is 29.9. The molecule has 1 aromatic rings. The van der Waals surface area contributed by atoms with Crippen LogP contribution in [0.25, 0.3) is 0 Å². The molecule has 110 valence electrons. The summed E-state index contributed by atoms with van der Waals surface area (Å²) in [6.07, 6.45) is 5.63. The molecule has 1 aromatic carbocycles. The Labute approximate surface area is 131 Å². The van der Waals surface area contributed by atoms with E-state index in [1.165, 1.54) is 35.8 Å². The first kappa shape index (κ1) is 14.4. The van der Waals surface area contributed by atoms with Crippen molar-refractivity contribution in [1.29, 1.82) is 0 Å². The first-order chi connectivity index (χ1) is 9.47. The smallest absolute Gasteiger partial charge is 0.0521 e. The van der Waals surface area contributed by atoms with E-state index in [4.69, 9.17) is 0 Å². The molecule has 1 aliphatic carbocycles. The van der Waals surface area contributed by atoms with Gasteiger partial charge in [-0.25, -0.2) is 0 Å². The molecule has 1 unspecified atom stereocenters. The van der Waals surface area contributed by atoms with Gasteiger partial charge in [0.1, 0.15) is 0 Å². The van der Waals surface area contributed by atoms with E-state index in [1.54, 1.807) is 5.56 Å². The molecule has 1 nitrogen and oxygen atoms in total. The summed E-state index contributed by atoms with van der Waals surface area (Å²) in [5, 5.41) is 3.61. The quantitative estimate of drug-likeness (QED) is 0.682. The van der Waals surface area contributed by atoms with Gasteiger partial charge >= 0.3 is 0 Å². The Morgan fingerprint density at radius 3 is 2.45 bits per heavy atom. The molecule has 0 aromatic heterocycles. The van der Waals surface area contributed by atoms with Crippen molar-refractivity contribution in [2.45, 2.75) is 52.4 Å². The summed E-state index contributed by atoms with van der Waals surface area (Å²) >= 11 is 3.67. The molecule has 1 N–H and O–H groups in total. The Morgan fingerprint density at radius 2 is 1.80 bits per heavy atom. The maximum Gasteiger partial charge on any atom is 0.0521 e. The minimum atomic E-state index is 0.486. The van der Waals surface area contributed by atoms with Crippen LogP contribution in [0.15, 0.2) is 22.7 Å². The van der Waals surface area contributed by atoms with Crippen molar-refractivity contribution in [2.24, 2.45) is 17.3 Å². The number of hydrogen-bond acceptors (Lipinski definition) is 1. The van der Waals surface area contributed by atoms with Crippen molar-refractivity contribution in [1.82, 2.24) is 0 Å². The largest absolute Gasteiger partial charge is 0.383 e. The van der Waals surface area contributed by atoms with Gasteiger partial charge < -0.3 is 5.32 Å². The number of fused-ring (bicyclic) bond motifs is 1. The predicted molar refractivity (Wildman–Crippen MR) is 90.3 cm³/mol. The number of hydrogen-bond donors (Lipinski definition) is 1. The molecule has 3 rings (SSSR count). The highest BCUT2D eigenvalue weighted by Gasteiger charge is 2.36. The number of benzene rings is 1. The Morgan fingerprint density at radius 1 is 1.10 bits per heavy atom. The number of anilines is 1. The lowest BCUT2D eigenvalue weighted by Crippen LogP contribution is -2.28. The standard InChI is InChI=1S/C18H26BrN/c1-18(2,3)13-9-7-12(8-10-13)15-11-20-17-14(15)5-4-6-16(17)19/h4-6,12-13,15,20H,7-11H2,1-3H3. The fourth-order valence-electron chi connectivity index (χ4n) is 4.17. The molecule has 1 aliphatic heterocycles. The molecule has 2 aliphatic rings. The zero-order valence-electron chi connectivity index (χ0n) is 12.9. The minimum absolute atomic E-state index is 0.486. The highest BCUT2D eigenvalue weighted by Crippen LogP contribution is 2.48. The third-order valence-corrected chi connectivity index (χ3v) is 6.17. The summed E-state index contributed by atoms with van der Waals surface area (Å²) in [6, 6.07) is 6.65. The second-order valence-electron chi connectivity index (χ2n) is 7.67. The second-order valence-corrected chi connectivity index (χ2v) is 8.52. The summed E-state index contributed by atoms with van der Waals surface area (Å²) in [6.45, 7) is 8.34. The molecular formula is C18H26BrN. The van der Waals surface area contributed by atoms with Crippen LogP contribution < -0.4 is 5.32 Å². The van der Waals surface area contributed by atoms with E-state index in [0.717, 1.165) is 24.3 Å². The number of nitrogens with one attached hydrogen (secondary N) is 1. The molecule has 2 heteroatoms. The molecule has 0 radical (unpaired) electrons. The van der Waals surface area contributed by atoms with E-state index in [-0.39, 0.29) is 0 Å². The number of rotatable bonds is 1. The predicted octanol–water partition coefficient (Wildman–Crippen LogP) is 5.81. The van der Waals surface area contributed by atoms with E-state index >= 15 is 0 Å². The van der Waals surface area contributed by atoms with E-state index in [1.807, 2.05) is 0 Å². The van der Waals surface area contributed by atoms with E-state index < -0.39 is 0 Å². The molecule has 0 amide bonds. The van der Waals surface area contributed by atoms with Crippen molar-refractivity contribution in [3.63, 3.8) is 0 Å². The van der Waals surface area contributed by atoms with Crippen LogP contribution in [0.4, 0.5) is 5.69 Å². The highest BCUT2D eigenvalue weighted by molar-refractivity contribution is 9.10. The first-order valence-corrected chi connectivity index (χ1v) is 8.78. The number of para-hydroxylation sites is 1. The fraction of sp³-hybridized carbons (Fsp3) is 0.667. The van der Waals surface area contributed by atoms with E-state index in [0.29, 0.717) is 5.41 Å². The van der Waals surface area contributed by atoms with Gasteiger partial charge in [-0.2, -0.15) is 0 Å². The fourth-order valence-corrected chi connectivity index (χ4v) is 4.69. The zero-order valence-corrected chi connectivity index (χ0v) is 14.5. The lowest BCUT2D eigenvalue weighted by atomic mass is 9.67. The van der Waals surface area contributed by atoms with Crippen LogP contribution in [0.1, 0.15) is 57.9 Å². The average Bonchev–Trinajstić information content (AvgIpc) is 2.83. The maximum atomic E-state index is 3.67. The second kappa shape index (κ2) is 5.36. The summed E-state index contributed by atoms with van der Waals surface area (Å²) in [4.78, 5) is 0. The molecular weight excluding hydrogens is 310 g/mol. The van der Waals surface area contributed by atoms with Crippen molar-refractivity contribution >= 4 is 21.6 Å². The van der Waals surface area contributed by atoms with Gasteiger partial charge in [0.05, 0.1) is 5.69 Å². The molecule has 1 fully saturated rings. The minimum Gasteiger partial charge on any atom is -0.383 e. The Balaban J connectivity index is 1.71. The van der Waals surface area contributed by atoms with Crippen LogP contribution in [0.3, 0.4) is 0 Å². The van der Waals surface area contributed by atoms with Crippen molar-refractivity contribution in [2.75, 3.05) is 11.9 Å². The van der Waals surface area contributed by atoms with Gasteiger partial charge in [-0.3, -0.25) is 0 Å².